The summed E-state index contributed by atoms with van der Waals surface area (Å²) >= 11 is 0. The van der Waals surface area contributed by atoms with Crippen LogP contribution in [0, 0.1) is 5.92 Å². The SMILES string of the molecule is CC(C)c1cn(CCCOCC2CC2)ccc1=O. The second-order valence-corrected chi connectivity index (χ2v) is 5.53. The van der Waals surface area contributed by atoms with Gasteiger partial charge in [0.1, 0.15) is 0 Å². The van der Waals surface area contributed by atoms with Gasteiger partial charge in [-0.2, -0.15) is 0 Å². The summed E-state index contributed by atoms with van der Waals surface area (Å²) in [6.45, 7) is 6.78. The Morgan fingerprint density at radius 1 is 1.44 bits per heavy atom. The summed E-state index contributed by atoms with van der Waals surface area (Å²) in [6.07, 6.45) is 7.55. The fraction of sp³-hybridized carbons (Fsp3) is 0.667. The third-order valence-corrected chi connectivity index (χ3v) is 3.38. The van der Waals surface area contributed by atoms with Crippen molar-refractivity contribution in [2.45, 2.75) is 45.6 Å². The Bertz CT molecular complexity index is 432. The molecule has 3 heteroatoms. The summed E-state index contributed by atoms with van der Waals surface area (Å²) in [5, 5.41) is 0. The lowest BCUT2D eigenvalue weighted by molar-refractivity contribution is 0.119. The number of aryl methyl sites for hydroxylation is 1. The van der Waals surface area contributed by atoms with Crippen molar-refractivity contribution in [3.63, 3.8) is 0 Å². The van der Waals surface area contributed by atoms with Gasteiger partial charge in [0.05, 0.1) is 0 Å². The number of hydrogen-bond acceptors (Lipinski definition) is 2. The summed E-state index contributed by atoms with van der Waals surface area (Å²) < 4.78 is 7.70. The molecule has 0 N–H and O–H groups in total. The number of ether oxygens (including phenoxy) is 1. The summed E-state index contributed by atoms with van der Waals surface area (Å²) in [4.78, 5) is 11.6. The van der Waals surface area contributed by atoms with Crippen molar-refractivity contribution in [1.82, 2.24) is 4.57 Å². The predicted molar refractivity (Wildman–Crippen MR) is 73.0 cm³/mol. The molecule has 0 unspecified atom stereocenters. The number of nitrogens with zero attached hydrogens (tertiary/aromatic N) is 1. The zero-order chi connectivity index (χ0) is 13.0. The lowest BCUT2D eigenvalue weighted by atomic mass is 10.1. The maximum atomic E-state index is 11.6. The smallest absolute Gasteiger partial charge is 0.184 e. The van der Waals surface area contributed by atoms with Crippen molar-refractivity contribution < 1.29 is 4.74 Å². The van der Waals surface area contributed by atoms with Gasteiger partial charge in [0.25, 0.3) is 0 Å². The summed E-state index contributed by atoms with van der Waals surface area (Å²) in [5.74, 6) is 1.13. The highest BCUT2D eigenvalue weighted by atomic mass is 16.5. The van der Waals surface area contributed by atoms with Crippen molar-refractivity contribution in [3.05, 3.63) is 34.2 Å². The van der Waals surface area contributed by atoms with Gasteiger partial charge in [0, 0.05) is 43.8 Å². The number of aromatic nitrogens is 1. The van der Waals surface area contributed by atoms with Crippen LogP contribution in [0.4, 0.5) is 0 Å². The molecule has 0 radical (unpaired) electrons. The van der Waals surface area contributed by atoms with E-state index in [1.165, 1.54) is 12.8 Å². The monoisotopic (exact) mass is 249 g/mol. The van der Waals surface area contributed by atoms with Crippen molar-refractivity contribution in [2.75, 3.05) is 13.2 Å². The average Bonchev–Trinajstić information content (AvgIpc) is 3.14. The zero-order valence-corrected chi connectivity index (χ0v) is 11.4. The number of pyridine rings is 1. The summed E-state index contributed by atoms with van der Waals surface area (Å²) in [7, 11) is 0. The van der Waals surface area contributed by atoms with Crippen LogP contribution in [0.3, 0.4) is 0 Å². The van der Waals surface area contributed by atoms with Crippen molar-refractivity contribution in [1.29, 1.82) is 0 Å². The minimum atomic E-state index is 0.145. The maximum Gasteiger partial charge on any atom is 0.184 e. The van der Waals surface area contributed by atoms with Crippen LogP contribution in [0.5, 0.6) is 0 Å². The molecule has 0 bridgehead atoms. The molecule has 0 amide bonds. The minimum Gasteiger partial charge on any atom is -0.381 e. The molecular formula is C15H23NO2. The Labute approximate surface area is 109 Å². The second kappa shape index (κ2) is 6.19. The van der Waals surface area contributed by atoms with Crippen molar-refractivity contribution in [3.8, 4) is 0 Å². The highest BCUT2D eigenvalue weighted by Crippen LogP contribution is 2.28. The van der Waals surface area contributed by atoms with Gasteiger partial charge in [0.15, 0.2) is 5.43 Å². The highest BCUT2D eigenvalue weighted by molar-refractivity contribution is 5.14. The maximum absolute atomic E-state index is 11.6. The van der Waals surface area contributed by atoms with Gasteiger partial charge in [0.2, 0.25) is 0 Å². The molecule has 1 aromatic heterocycles. The van der Waals surface area contributed by atoms with Gasteiger partial charge in [-0.05, 0) is 31.1 Å². The van der Waals surface area contributed by atoms with E-state index in [2.05, 4.69) is 18.4 Å². The van der Waals surface area contributed by atoms with Crippen LogP contribution in [0.15, 0.2) is 23.3 Å². The largest absolute Gasteiger partial charge is 0.381 e. The van der Waals surface area contributed by atoms with Crippen LogP contribution in [-0.4, -0.2) is 17.8 Å². The standard InChI is InChI=1S/C15H23NO2/c1-12(2)14-10-16(8-6-15(14)17)7-3-9-18-11-13-4-5-13/h6,8,10,12-13H,3-5,7,9,11H2,1-2H3. The molecule has 2 rings (SSSR count). The molecule has 3 nitrogen and oxygen atoms in total. The fourth-order valence-electron chi connectivity index (χ4n) is 2.00. The van der Waals surface area contributed by atoms with E-state index in [9.17, 15) is 4.79 Å². The molecule has 1 fully saturated rings. The molecule has 1 heterocycles. The van der Waals surface area contributed by atoms with E-state index in [4.69, 9.17) is 4.74 Å². The summed E-state index contributed by atoms with van der Waals surface area (Å²) in [5.41, 5.74) is 1.04. The Morgan fingerprint density at radius 3 is 2.89 bits per heavy atom. The Morgan fingerprint density at radius 2 is 2.22 bits per heavy atom. The van der Waals surface area contributed by atoms with Crippen LogP contribution in [0.2, 0.25) is 0 Å². The first-order valence-electron chi connectivity index (χ1n) is 6.94. The van der Waals surface area contributed by atoms with Gasteiger partial charge >= 0.3 is 0 Å². The van der Waals surface area contributed by atoms with E-state index in [1.54, 1.807) is 6.07 Å². The fourth-order valence-corrected chi connectivity index (χ4v) is 2.00. The molecule has 1 saturated carbocycles. The van der Waals surface area contributed by atoms with Crippen molar-refractivity contribution in [2.24, 2.45) is 5.92 Å². The molecule has 0 atom stereocenters. The minimum absolute atomic E-state index is 0.145. The average molecular weight is 249 g/mol. The van der Waals surface area contributed by atoms with Gasteiger partial charge in [-0.3, -0.25) is 4.79 Å². The number of hydrogen-bond donors (Lipinski definition) is 0. The molecule has 100 valence electrons. The third kappa shape index (κ3) is 3.98. The molecule has 18 heavy (non-hydrogen) atoms. The number of rotatable bonds is 7. The van der Waals surface area contributed by atoms with E-state index in [1.807, 2.05) is 12.4 Å². The first-order chi connectivity index (χ1) is 8.66. The van der Waals surface area contributed by atoms with Crippen LogP contribution in [0.1, 0.15) is 44.6 Å². The van der Waals surface area contributed by atoms with E-state index in [-0.39, 0.29) is 11.3 Å². The van der Waals surface area contributed by atoms with Crippen LogP contribution in [0.25, 0.3) is 0 Å². The van der Waals surface area contributed by atoms with E-state index in [0.29, 0.717) is 0 Å². The van der Waals surface area contributed by atoms with Crippen molar-refractivity contribution >= 4 is 0 Å². The Kier molecular flexibility index (Phi) is 4.59. The Hall–Kier alpha value is -1.09. The van der Waals surface area contributed by atoms with E-state index < -0.39 is 0 Å². The van der Waals surface area contributed by atoms with Crippen LogP contribution in [-0.2, 0) is 11.3 Å². The molecule has 0 saturated heterocycles. The summed E-state index contributed by atoms with van der Waals surface area (Å²) in [6, 6.07) is 1.67. The molecule has 0 spiro atoms. The van der Waals surface area contributed by atoms with Gasteiger partial charge in [-0.25, -0.2) is 0 Å². The van der Waals surface area contributed by atoms with E-state index >= 15 is 0 Å². The lowest BCUT2D eigenvalue weighted by Gasteiger charge is -2.10. The molecule has 1 aliphatic carbocycles. The van der Waals surface area contributed by atoms with Gasteiger partial charge in [-0.15, -0.1) is 0 Å². The highest BCUT2D eigenvalue weighted by Gasteiger charge is 2.20. The molecular weight excluding hydrogens is 226 g/mol. The predicted octanol–water partition coefficient (Wildman–Crippen LogP) is 2.79. The molecule has 1 aliphatic rings. The topological polar surface area (TPSA) is 31.2 Å². The first kappa shape index (κ1) is 13.3. The second-order valence-electron chi connectivity index (χ2n) is 5.53. The van der Waals surface area contributed by atoms with Gasteiger partial charge < -0.3 is 9.30 Å². The first-order valence-corrected chi connectivity index (χ1v) is 6.94. The van der Waals surface area contributed by atoms with E-state index in [0.717, 1.165) is 37.7 Å². The molecule has 0 aromatic carbocycles. The Balaban J connectivity index is 1.77. The van der Waals surface area contributed by atoms with Crippen LogP contribution >= 0.6 is 0 Å². The van der Waals surface area contributed by atoms with Crippen LogP contribution < -0.4 is 5.43 Å². The zero-order valence-electron chi connectivity index (χ0n) is 11.4. The molecule has 1 aromatic rings. The van der Waals surface area contributed by atoms with Gasteiger partial charge in [-0.1, -0.05) is 13.8 Å². The third-order valence-electron chi connectivity index (χ3n) is 3.38. The molecule has 0 aliphatic heterocycles. The lowest BCUT2D eigenvalue weighted by Crippen LogP contribution is -2.14. The normalized spacial score (nSPS) is 15.3. The quantitative estimate of drug-likeness (QED) is 0.696.